The van der Waals surface area contributed by atoms with Crippen LogP contribution >= 0.6 is 0 Å². The lowest BCUT2D eigenvalue weighted by molar-refractivity contribution is -0.0876. The van der Waals surface area contributed by atoms with Crippen molar-refractivity contribution in [1.82, 2.24) is 0 Å². The quantitative estimate of drug-likeness (QED) is 0.707. The fraction of sp³-hybridized carbons (Fsp3) is 1.00. The molecule has 1 aliphatic carbocycles. The number of aliphatic hydroxyl groups is 1. The van der Waals surface area contributed by atoms with Gasteiger partial charge >= 0.3 is 0 Å². The van der Waals surface area contributed by atoms with Crippen LogP contribution in [0.1, 0.15) is 46.5 Å². The van der Waals surface area contributed by atoms with E-state index >= 15 is 0 Å². The van der Waals surface area contributed by atoms with Gasteiger partial charge in [-0.15, -0.1) is 0 Å². The van der Waals surface area contributed by atoms with Crippen LogP contribution in [-0.4, -0.2) is 23.9 Å². The van der Waals surface area contributed by atoms with Gasteiger partial charge in [-0.05, 0) is 37.5 Å². The minimum Gasteiger partial charge on any atom is -0.387 e. The second kappa shape index (κ2) is 5.13. The van der Waals surface area contributed by atoms with Crippen molar-refractivity contribution in [2.45, 2.75) is 52.1 Å². The summed E-state index contributed by atoms with van der Waals surface area (Å²) >= 11 is 0. The molecule has 3 atom stereocenters. The largest absolute Gasteiger partial charge is 0.387 e. The van der Waals surface area contributed by atoms with Crippen LogP contribution in [0.4, 0.5) is 0 Å². The molecule has 0 saturated heterocycles. The van der Waals surface area contributed by atoms with Crippen molar-refractivity contribution in [2.24, 2.45) is 11.8 Å². The molecular weight excluding hydrogens is 176 g/mol. The van der Waals surface area contributed by atoms with Crippen molar-refractivity contribution in [1.29, 1.82) is 0 Å². The third-order valence-electron chi connectivity index (χ3n) is 3.46. The molecule has 1 aliphatic rings. The maximum absolute atomic E-state index is 10.3. The van der Waals surface area contributed by atoms with Crippen molar-refractivity contribution in [3.63, 3.8) is 0 Å². The van der Waals surface area contributed by atoms with Gasteiger partial charge in [-0.3, -0.25) is 0 Å². The molecule has 0 heterocycles. The Morgan fingerprint density at radius 1 is 1.36 bits per heavy atom. The topological polar surface area (TPSA) is 29.5 Å². The van der Waals surface area contributed by atoms with Crippen LogP contribution in [0, 0.1) is 11.8 Å². The molecule has 0 aromatic rings. The van der Waals surface area contributed by atoms with Crippen LogP contribution in [0.15, 0.2) is 0 Å². The van der Waals surface area contributed by atoms with Gasteiger partial charge < -0.3 is 9.84 Å². The highest BCUT2D eigenvalue weighted by Crippen LogP contribution is 2.36. The number of hydrogen-bond acceptors (Lipinski definition) is 2. The fourth-order valence-corrected chi connectivity index (χ4v) is 2.22. The van der Waals surface area contributed by atoms with E-state index in [0.29, 0.717) is 12.5 Å². The highest BCUT2D eigenvalue weighted by Gasteiger charge is 2.35. The molecule has 84 valence electrons. The molecule has 0 amide bonds. The van der Waals surface area contributed by atoms with Crippen molar-refractivity contribution < 1.29 is 9.84 Å². The number of hydrogen-bond donors (Lipinski definition) is 1. The average molecular weight is 200 g/mol. The summed E-state index contributed by atoms with van der Waals surface area (Å²) in [4.78, 5) is 0. The van der Waals surface area contributed by atoms with Crippen LogP contribution in [0.5, 0.6) is 0 Å². The van der Waals surface area contributed by atoms with Gasteiger partial charge in [0.1, 0.15) is 0 Å². The molecule has 0 spiro atoms. The molecule has 0 aromatic carbocycles. The van der Waals surface area contributed by atoms with Gasteiger partial charge in [0.2, 0.25) is 0 Å². The summed E-state index contributed by atoms with van der Waals surface area (Å²) in [6.45, 7) is 7.89. The van der Waals surface area contributed by atoms with Gasteiger partial charge in [-0.1, -0.05) is 20.8 Å². The van der Waals surface area contributed by atoms with E-state index in [1.165, 1.54) is 0 Å². The van der Waals surface area contributed by atoms with Gasteiger partial charge in [0.15, 0.2) is 0 Å². The van der Waals surface area contributed by atoms with E-state index in [9.17, 15) is 5.11 Å². The number of ether oxygens (including phenoxy) is 1. The molecule has 1 fully saturated rings. The molecule has 1 N–H and O–H groups in total. The lowest BCUT2D eigenvalue weighted by Gasteiger charge is -2.38. The second-order valence-corrected chi connectivity index (χ2v) is 4.97. The molecule has 2 heteroatoms. The Hall–Kier alpha value is -0.0800. The predicted octanol–water partition coefficient (Wildman–Crippen LogP) is 2.60. The maximum Gasteiger partial charge on any atom is 0.0882 e. The standard InChI is InChI=1S/C12H24O2/c1-4-7-14-9-12(13)6-5-10(2)11(3)8-12/h10-11,13H,4-9H2,1-3H3. The van der Waals surface area contributed by atoms with Gasteiger partial charge in [0.05, 0.1) is 12.2 Å². The molecule has 1 saturated carbocycles. The second-order valence-electron chi connectivity index (χ2n) is 4.97. The lowest BCUT2D eigenvalue weighted by atomic mass is 9.73. The lowest BCUT2D eigenvalue weighted by Crippen LogP contribution is -2.41. The van der Waals surface area contributed by atoms with E-state index in [0.717, 1.165) is 38.2 Å². The van der Waals surface area contributed by atoms with E-state index in [-0.39, 0.29) is 0 Å². The van der Waals surface area contributed by atoms with Crippen molar-refractivity contribution >= 4 is 0 Å². The average Bonchev–Trinajstić information content (AvgIpc) is 2.13. The zero-order valence-electron chi connectivity index (χ0n) is 9.75. The Bertz CT molecular complexity index is 170. The van der Waals surface area contributed by atoms with Gasteiger partial charge in [0, 0.05) is 6.61 Å². The van der Waals surface area contributed by atoms with E-state index in [1.807, 2.05) is 0 Å². The summed E-state index contributed by atoms with van der Waals surface area (Å²) < 4.78 is 5.46. The van der Waals surface area contributed by atoms with E-state index in [4.69, 9.17) is 4.74 Å². The summed E-state index contributed by atoms with van der Waals surface area (Å²) in [7, 11) is 0. The van der Waals surface area contributed by atoms with Gasteiger partial charge in [-0.25, -0.2) is 0 Å². The van der Waals surface area contributed by atoms with Crippen LogP contribution in [0.3, 0.4) is 0 Å². The van der Waals surface area contributed by atoms with Crippen molar-refractivity contribution in [2.75, 3.05) is 13.2 Å². The normalized spacial score (nSPS) is 38.6. The smallest absolute Gasteiger partial charge is 0.0882 e. The summed E-state index contributed by atoms with van der Waals surface area (Å²) in [5.74, 6) is 1.38. The van der Waals surface area contributed by atoms with Crippen LogP contribution < -0.4 is 0 Å². The zero-order chi connectivity index (χ0) is 10.6. The summed E-state index contributed by atoms with van der Waals surface area (Å²) in [6.07, 6.45) is 3.97. The van der Waals surface area contributed by atoms with Gasteiger partial charge in [0.25, 0.3) is 0 Å². The first-order valence-corrected chi connectivity index (χ1v) is 5.87. The Morgan fingerprint density at radius 2 is 2.07 bits per heavy atom. The molecule has 0 aliphatic heterocycles. The van der Waals surface area contributed by atoms with Crippen LogP contribution in [0.25, 0.3) is 0 Å². The Morgan fingerprint density at radius 3 is 2.64 bits per heavy atom. The van der Waals surface area contributed by atoms with Gasteiger partial charge in [-0.2, -0.15) is 0 Å². The highest BCUT2D eigenvalue weighted by molar-refractivity contribution is 4.87. The van der Waals surface area contributed by atoms with Crippen LogP contribution in [0.2, 0.25) is 0 Å². The van der Waals surface area contributed by atoms with E-state index < -0.39 is 5.60 Å². The van der Waals surface area contributed by atoms with Crippen LogP contribution in [-0.2, 0) is 4.74 Å². The van der Waals surface area contributed by atoms with Crippen molar-refractivity contribution in [3.05, 3.63) is 0 Å². The summed E-state index contributed by atoms with van der Waals surface area (Å²) in [5, 5.41) is 10.3. The molecular formula is C12H24O2. The molecule has 2 nitrogen and oxygen atoms in total. The van der Waals surface area contributed by atoms with E-state index in [2.05, 4.69) is 20.8 Å². The molecule has 3 unspecified atom stereocenters. The minimum atomic E-state index is -0.541. The first-order chi connectivity index (χ1) is 6.57. The SMILES string of the molecule is CCCOCC1(O)CCC(C)C(C)C1. The van der Waals surface area contributed by atoms with Crippen molar-refractivity contribution in [3.8, 4) is 0 Å². The minimum absolute atomic E-state index is 0.526. The predicted molar refractivity (Wildman–Crippen MR) is 58.2 cm³/mol. The zero-order valence-corrected chi connectivity index (χ0v) is 9.75. The third-order valence-corrected chi connectivity index (χ3v) is 3.46. The highest BCUT2D eigenvalue weighted by atomic mass is 16.5. The molecule has 0 aromatic heterocycles. The first kappa shape index (κ1) is 12.0. The fourth-order valence-electron chi connectivity index (χ4n) is 2.22. The Kier molecular flexibility index (Phi) is 4.39. The molecule has 0 bridgehead atoms. The monoisotopic (exact) mass is 200 g/mol. The molecule has 14 heavy (non-hydrogen) atoms. The summed E-state index contributed by atoms with van der Waals surface area (Å²) in [6, 6.07) is 0. The Labute approximate surface area is 87.7 Å². The van der Waals surface area contributed by atoms with E-state index in [1.54, 1.807) is 0 Å². The third kappa shape index (κ3) is 3.25. The summed E-state index contributed by atoms with van der Waals surface area (Å²) in [5.41, 5.74) is -0.541. The number of rotatable bonds is 4. The maximum atomic E-state index is 10.3. The Balaban J connectivity index is 2.34. The molecule has 0 radical (unpaired) electrons. The molecule has 1 rings (SSSR count). The first-order valence-electron chi connectivity index (χ1n) is 5.87.